The summed E-state index contributed by atoms with van der Waals surface area (Å²) >= 11 is 1.35. The smallest absolute Gasteiger partial charge is 0.342 e. The van der Waals surface area contributed by atoms with Gasteiger partial charge in [-0.3, -0.25) is 0 Å². The van der Waals surface area contributed by atoms with Crippen LogP contribution in [0.2, 0.25) is 0 Å². The SMILES string of the molecule is CCOC=C(C(=O)OCC)C(=CC(=O)OCC)SCc1ccccc1. The molecule has 1 aromatic rings. The number of benzene rings is 1. The predicted octanol–water partition coefficient (Wildman–Crippen LogP) is 3.85. The van der Waals surface area contributed by atoms with Crippen molar-refractivity contribution in [2.24, 2.45) is 0 Å². The Morgan fingerprint density at radius 1 is 1.00 bits per heavy atom. The molecule has 0 N–H and O–H groups in total. The van der Waals surface area contributed by atoms with Crippen LogP contribution in [0.15, 0.2) is 53.1 Å². The number of ether oxygens (including phenoxy) is 3. The van der Waals surface area contributed by atoms with Crippen LogP contribution >= 0.6 is 11.8 Å². The molecule has 0 bridgehead atoms. The summed E-state index contributed by atoms with van der Waals surface area (Å²) in [6.07, 6.45) is 2.64. The molecule has 0 aromatic heterocycles. The molecule has 5 nitrogen and oxygen atoms in total. The van der Waals surface area contributed by atoms with Gasteiger partial charge in [0.25, 0.3) is 0 Å². The van der Waals surface area contributed by atoms with Gasteiger partial charge in [0.15, 0.2) is 0 Å². The molecule has 0 saturated carbocycles. The molecule has 0 saturated heterocycles. The molecule has 6 heteroatoms. The molecule has 0 fully saturated rings. The number of rotatable bonds is 10. The van der Waals surface area contributed by atoms with Crippen LogP contribution in [0.25, 0.3) is 0 Å². The fourth-order valence-corrected chi connectivity index (χ4v) is 2.79. The van der Waals surface area contributed by atoms with Gasteiger partial charge in [-0.15, -0.1) is 11.8 Å². The van der Waals surface area contributed by atoms with Crippen LogP contribution in [0.1, 0.15) is 26.3 Å². The molecule has 1 aromatic carbocycles. The highest BCUT2D eigenvalue weighted by atomic mass is 32.2. The second-order valence-electron chi connectivity index (χ2n) is 4.74. The van der Waals surface area contributed by atoms with Crippen molar-refractivity contribution in [3.05, 3.63) is 58.7 Å². The van der Waals surface area contributed by atoms with Gasteiger partial charge in [0.1, 0.15) is 5.57 Å². The third kappa shape index (κ3) is 7.94. The first-order chi connectivity index (χ1) is 12.1. The van der Waals surface area contributed by atoms with Gasteiger partial charge in [-0.25, -0.2) is 9.59 Å². The van der Waals surface area contributed by atoms with Gasteiger partial charge in [-0.1, -0.05) is 30.3 Å². The average molecular weight is 364 g/mol. The Morgan fingerprint density at radius 3 is 2.28 bits per heavy atom. The van der Waals surface area contributed by atoms with E-state index in [4.69, 9.17) is 14.2 Å². The van der Waals surface area contributed by atoms with Crippen molar-refractivity contribution in [3.8, 4) is 0 Å². The Bertz CT molecular complexity index is 608. The predicted molar refractivity (Wildman–Crippen MR) is 98.8 cm³/mol. The van der Waals surface area contributed by atoms with Crippen LogP contribution in [0, 0.1) is 0 Å². The van der Waals surface area contributed by atoms with Crippen molar-refractivity contribution in [1.29, 1.82) is 0 Å². The van der Waals surface area contributed by atoms with E-state index in [0.29, 0.717) is 17.3 Å². The lowest BCUT2D eigenvalue weighted by Crippen LogP contribution is -2.11. The van der Waals surface area contributed by atoms with Gasteiger partial charge in [-0.05, 0) is 26.3 Å². The highest BCUT2D eigenvalue weighted by molar-refractivity contribution is 8.02. The van der Waals surface area contributed by atoms with Crippen LogP contribution in [0.4, 0.5) is 0 Å². The quantitative estimate of drug-likeness (QED) is 0.272. The largest absolute Gasteiger partial charge is 0.501 e. The Balaban J connectivity index is 3.07. The monoisotopic (exact) mass is 364 g/mol. The molecule has 0 amide bonds. The normalized spacial score (nSPS) is 11.8. The second kappa shape index (κ2) is 12.2. The van der Waals surface area contributed by atoms with Crippen LogP contribution in [0.5, 0.6) is 0 Å². The molecule has 1 rings (SSSR count). The summed E-state index contributed by atoms with van der Waals surface area (Å²) in [7, 11) is 0. The average Bonchev–Trinajstić information content (AvgIpc) is 2.61. The summed E-state index contributed by atoms with van der Waals surface area (Å²) < 4.78 is 15.3. The van der Waals surface area contributed by atoms with Crippen LogP contribution in [-0.2, 0) is 29.6 Å². The topological polar surface area (TPSA) is 61.8 Å². The van der Waals surface area contributed by atoms with Gasteiger partial charge in [0.2, 0.25) is 0 Å². The highest BCUT2D eigenvalue weighted by Gasteiger charge is 2.19. The molecule has 0 aliphatic heterocycles. The maximum atomic E-state index is 12.3. The zero-order chi connectivity index (χ0) is 18.5. The van der Waals surface area contributed by atoms with E-state index in [1.54, 1.807) is 13.8 Å². The fraction of sp³-hybridized carbons (Fsp3) is 0.368. The molecule has 0 radical (unpaired) electrons. The maximum Gasteiger partial charge on any atom is 0.342 e. The lowest BCUT2D eigenvalue weighted by atomic mass is 10.2. The lowest BCUT2D eigenvalue weighted by molar-refractivity contribution is -0.138. The minimum atomic E-state index is -0.535. The number of carbonyl (C=O) groups is 2. The molecule has 0 heterocycles. The maximum absolute atomic E-state index is 12.3. The number of hydrogen-bond acceptors (Lipinski definition) is 6. The number of carbonyl (C=O) groups excluding carboxylic acids is 2. The molecular formula is C19H24O5S. The Kier molecular flexibility index (Phi) is 10.2. The summed E-state index contributed by atoms with van der Waals surface area (Å²) in [5.41, 5.74) is 1.28. The Labute approximate surface area is 153 Å². The summed E-state index contributed by atoms with van der Waals surface area (Å²) in [5.74, 6) is -0.452. The molecule has 0 spiro atoms. The van der Waals surface area contributed by atoms with E-state index >= 15 is 0 Å². The van der Waals surface area contributed by atoms with Crippen molar-refractivity contribution in [2.75, 3.05) is 19.8 Å². The molecule has 136 valence electrons. The molecule has 0 aliphatic rings. The van der Waals surface area contributed by atoms with E-state index in [2.05, 4.69) is 0 Å². The summed E-state index contributed by atoms with van der Waals surface area (Å²) in [5, 5.41) is 0. The summed E-state index contributed by atoms with van der Waals surface area (Å²) in [4.78, 5) is 24.6. The number of hydrogen-bond donors (Lipinski definition) is 0. The van der Waals surface area contributed by atoms with Gasteiger partial charge >= 0.3 is 11.9 Å². The van der Waals surface area contributed by atoms with Crippen LogP contribution in [0.3, 0.4) is 0 Å². The first-order valence-corrected chi connectivity index (χ1v) is 9.15. The third-order valence-corrected chi connectivity index (χ3v) is 4.03. The van der Waals surface area contributed by atoms with Gasteiger partial charge in [-0.2, -0.15) is 0 Å². The van der Waals surface area contributed by atoms with E-state index in [1.165, 1.54) is 24.1 Å². The Morgan fingerprint density at radius 2 is 1.68 bits per heavy atom. The van der Waals surface area contributed by atoms with Crippen molar-refractivity contribution >= 4 is 23.7 Å². The molecule has 0 atom stereocenters. The molecule has 0 aliphatic carbocycles. The van der Waals surface area contributed by atoms with Crippen molar-refractivity contribution in [1.82, 2.24) is 0 Å². The summed E-state index contributed by atoms with van der Waals surface area (Å²) in [6, 6.07) is 9.76. The molecule has 0 unspecified atom stereocenters. The lowest BCUT2D eigenvalue weighted by Gasteiger charge is -2.11. The van der Waals surface area contributed by atoms with E-state index in [0.717, 1.165) is 5.56 Å². The van der Waals surface area contributed by atoms with Gasteiger partial charge in [0.05, 0.1) is 26.1 Å². The third-order valence-electron chi connectivity index (χ3n) is 2.90. The zero-order valence-electron chi connectivity index (χ0n) is 14.8. The highest BCUT2D eigenvalue weighted by Crippen LogP contribution is 2.29. The standard InChI is InChI=1S/C19H24O5S/c1-4-22-13-16(19(21)24-6-3)17(12-18(20)23-5-2)25-14-15-10-8-7-9-11-15/h7-13H,4-6,14H2,1-3H3. The van der Waals surface area contributed by atoms with E-state index in [-0.39, 0.29) is 18.8 Å². The van der Waals surface area contributed by atoms with Crippen LogP contribution < -0.4 is 0 Å². The summed E-state index contributed by atoms with van der Waals surface area (Å²) in [6.45, 7) is 6.16. The fourth-order valence-electron chi connectivity index (χ4n) is 1.81. The number of esters is 2. The minimum Gasteiger partial charge on any atom is -0.501 e. The second-order valence-corrected chi connectivity index (χ2v) is 5.76. The van der Waals surface area contributed by atoms with Gasteiger partial charge < -0.3 is 14.2 Å². The zero-order valence-corrected chi connectivity index (χ0v) is 15.6. The van der Waals surface area contributed by atoms with E-state index < -0.39 is 11.9 Å². The van der Waals surface area contributed by atoms with E-state index in [1.807, 2.05) is 37.3 Å². The van der Waals surface area contributed by atoms with E-state index in [9.17, 15) is 9.59 Å². The first-order valence-electron chi connectivity index (χ1n) is 8.16. The van der Waals surface area contributed by atoms with Crippen LogP contribution in [-0.4, -0.2) is 31.8 Å². The van der Waals surface area contributed by atoms with Crippen molar-refractivity contribution < 1.29 is 23.8 Å². The molecular weight excluding hydrogens is 340 g/mol. The Hall–Kier alpha value is -2.21. The van der Waals surface area contributed by atoms with Gasteiger partial charge in [0, 0.05) is 16.7 Å². The number of thioether (sulfide) groups is 1. The van der Waals surface area contributed by atoms with Crippen molar-refractivity contribution in [3.63, 3.8) is 0 Å². The minimum absolute atomic E-state index is 0.206. The molecule has 25 heavy (non-hydrogen) atoms. The first kappa shape index (κ1) is 20.8. The van der Waals surface area contributed by atoms with Crippen molar-refractivity contribution in [2.45, 2.75) is 26.5 Å².